The Kier molecular flexibility index (Phi) is 4.82. The first-order valence-electron chi connectivity index (χ1n) is 9.04. The van der Waals surface area contributed by atoms with E-state index in [0.717, 1.165) is 24.0 Å². The number of ether oxygens (including phenoxy) is 1. The molecule has 0 saturated carbocycles. The first-order chi connectivity index (χ1) is 12.8. The molecule has 0 fully saturated rings. The Bertz CT molecular complexity index is 899. The topological polar surface area (TPSA) is 52.3 Å². The van der Waals surface area contributed by atoms with Gasteiger partial charge in [0.2, 0.25) is 5.89 Å². The molecule has 132 valence electrons. The standard InChI is InChI=1S/C22H21NO3/c24-22(13-16-10-11-17-6-4-5-9-19(17)12-16)25-15-21-23-14-20(26-21)18-7-2-1-3-8-18/h1-3,7-8,10-12,14H,4-6,9,13,15H2. The van der Waals surface area contributed by atoms with Gasteiger partial charge in [-0.05, 0) is 42.4 Å². The zero-order valence-corrected chi connectivity index (χ0v) is 14.6. The van der Waals surface area contributed by atoms with Gasteiger partial charge in [0.15, 0.2) is 12.4 Å². The van der Waals surface area contributed by atoms with Crippen LogP contribution < -0.4 is 0 Å². The summed E-state index contributed by atoms with van der Waals surface area (Å²) in [6, 6.07) is 16.1. The SMILES string of the molecule is O=C(Cc1ccc2c(c1)CCCC2)OCc1ncc(-c2ccccc2)o1. The lowest BCUT2D eigenvalue weighted by atomic mass is 9.90. The van der Waals surface area contributed by atoms with Gasteiger partial charge in [0.05, 0.1) is 12.6 Å². The highest BCUT2D eigenvalue weighted by molar-refractivity contribution is 5.72. The van der Waals surface area contributed by atoms with Gasteiger partial charge in [-0.1, -0.05) is 48.5 Å². The molecule has 1 aromatic heterocycles. The van der Waals surface area contributed by atoms with E-state index in [2.05, 4.69) is 17.1 Å². The number of hydrogen-bond acceptors (Lipinski definition) is 4. The van der Waals surface area contributed by atoms with Crippen molar-refractivity contribution in [2.45, 2.75) is 38.7 Å². The molecule has 26 heavy (non-hydrogen) atoms. The number of carbonyl (C=O) groups excluding carboxylic acids is 1. The van der Waals surface area contributed by atoms with Gasteiger partial charge in [-0.25, -0.2) is 4.98 Å². The smallest absolute Gasteiger partial charge is 0.310 e. The number of aromatic nitrogens is 1. The van der Waals surface area contributed by atoms with E-state index in [9.17, 15) is 4.79 Å². The number of hydrogen-bond donors (Lipinski definition) is 0. The van der Waals surface area contributed by atoms with Gasteiger partial charge in [0, 0.05) is 5.56 Å². The lowest BCUT2D eigenvalue weighted by molar-refractivity contribution is -0.144. The Labute approximate surface area is 152 Å². The van der Waals surface area contributed by atoms with Crippen molar-refractivity contribution < 1.29 is 13.9 Å². The van der Waals surface area contributed by atoms with Crippen molar-refractivity contribution in [2.75, 3.05) is 0 Å². The molecule has 0 N–H and O–H groups in total. The van der Waals surface area contributed by atoms with Gasteiger partial charge in [-0.3, -0.25) is 4.79 Å². The molecule has 0 unspecified atom stereocenters. The molecule has 0 aliphatic heterocycles. The minimum absolute atomic E-state index is 0.0522. The Hall–Kier alpha value is -2.88. The third kappa shape index (κ3) is 3.85. The first kappa shape index (κ1) is 16.6. The van der Waals surface area contributed by atoms with Gasteiger partial charge in [0.25, 0.3) is 0 Å². The van der Waals surface area contributed by atoms with Crippen molar-refractivity contribution in [3.63, 3.8) is 0 Å². The minimum Gasteiger partial charge on any atom is -0.455 e. The van der Waals surface area contributed by atoms with E-state index in [1.165, 1.54) is 24.0 Å². The van der Waals surface area contributed by atoms with Crippen LogP contribution in [0.25, 0.3) is 11.3 Å². The third-order valence-electron chi connectivity index (χ3n) is 4.73. The molecule has 1 aliphatic carbocycles. The summed E-state index contributed by atoms with van der Waals surface area (Å²) in [5.74, 6) is 0.814. The maximum Gasteiger partial charge on any atom is 0.310 e. The summed E-state index contributed by atoms with van der Waals surface area (Å²) in [7, 11) is 0. The van der Waals surface area contributed by atoms with Crippen molar-refractivity contribution in [2.24, 2.45) is 0 Å². The molecular weight excluding hydrogens is 326 g/mol. The fraction of sp³-hybridized carbons (Fsp3) is 0.273. The molecule has 4 nitrogen and oxygen atoms in total. The zero-order chi connectivity index (χ0) is 17.8. The number of carbonyl (C=O) groups is 1. The third-order valence-corrected chi connectivity index (χ3v) is 4.73. The Balaban J connectivity index is 1.34. The number of fused-ring (bicyclic) bond motifs is 1. The maximum absolute atomic E-state index is 12.1. The largest absolute Gasteiger partial charge is 0.455 e. The van der Waals surface area contributed by atoms with Crippen molar-refractivity contribution in [1.29, 1.82) is 0 Å². The first-order valence-corrected chi connectivity index (χ1v) is 9.04. The molecule has 0 atom stereocenters. The van der Waals surface area contributed by atoms with E-state index in [1.54, 1.807) is 6.20 Å². The van der Waals surface area contributed by atoms with Gasteiger partial charge >= 0.3 is 5.97 Å². The molecule has 4 rings (SSSR count). The van der Waals surface area contributed by atoms with E-state index < -0.39 is 0 Å². The monoisotopic (exact) mass is 347 g/mol. The molecule has 2 aromatic carbocycles. The fourth-order valence-corrected chi connectivity index (χ4v) is 3.37. The highest BCUT2D eigenvalue weighted by atomic mass is 16.5. The number of nitrogens with zero attached hydrogens (tertiary/aromatic N) is 1. The maximum atomic E-state index is 12.1. The number of rotatable bonds is 5. The van der Waals surface area contributed by atoms with E-state index in [-0.39, 0.29) is 19.0 Å². The highest BCUT2D eigenvalue weighted by Crippen LogP contribution is 2.23. The van der Waals surface area contributed by atoms with Gasteiger partial charge in [-0.15, -0.1) is 0 Å². The minimum atomic E-state index is -0.264. The molecule has 0 saturated heterocycles. The van der Waals surface area contributed by atoms with Crippen LogP contribution in [0.5, 0.6) is 0 Å². The number of aryl methyl sites for hydroxylation is 2. The Morgan fingerprint density at radius 1 is 1.04 bits per heavy atom. The molecule has 4 heteroatoms. The van der Waals surface area contributed by atoms with Crippen LogP contribution in [0.2, 0.25) is 0 Å². The average Bonchev–Trinajstić information content (AvgIpc) is 3.16. The molecule has 3 aromatic rings. The molecule has 1 aliphatic rings. The van der Waals surface area contributed by atoms with Gasteiger partial charge in [0.1, 0.15) is 0 Å². The van der Waals surface area contributed by atoms with Crippen LogP contribution in [0.1, 0.15) is 35.4 Å². The molecular formula is C22H21NO3. The van der Waals surface area contributed by atoms with Crippen molar-refractivity contribution in [3.8, 4) is 11.3 Å². The molecule has 1 heterocycles. The van der Waals surface area contributed by atoms with E-state index in [1.807, 2.05) is 36.4 Å². The van der Waals surface area contributed by atoms with Crippen molar-refractivity contribution in [3.05, 3.63) is 77.3 Å². The van der Waals surface area contributed by atoms with Crippen LogP contribution in [-0.2, 0) is 35.4 Å². The van der Waals surface area contributed by atoms with Crippen molar-refractivity contribution in [1.82, 2.24) is 4.98 Å². The van der Waals surface area contributed by atoms with Crippen LogP contribution >= 0.6 is 0 Å². The molecule has 0 radical (unpaired) electrons. The molecule has 0 bridgehead atoms. The summed E-state index contributed by atoms with van der Waals surface area (Å²) in [4.78, 5) is 16.3. The lowest BCUT2D eigenvalue weighted by Crippen LogP contribution is -2.09. The van der Waals surface area contributed by atoms with Crippen LogP contribution in [0, 0.1) is 0 Å². The summed E-state index contributed by atoms with van der Waals surface area (Å²) >= 11 is 0. The second kappa shape index (κ2) is 7.56. The number of oxazole rings is 1. The number of benzene rings is 2. The van der Waals surface area contributed by atoms with Crippen LogP contribution in [-0.4, -0.2) is 11.0 Å². The lowest BCUT2D eigenvalue weighted by Gasteiger charge is -2.16. The highest BCUT2D eigenvalue weighted by Gasteiger charge is 2.13. The quantitative estimate of drug-likeness (QED) is 0.637. The van der Waals surface area contributed by atoms with Crippen LogP contribution in [0.3, 0.4) is 0 Å². The normalized spacial score (nSPS) is 13.2. The second-order valence-corrected chi connectivity index (χ2v) is 6.63. The van der Waals surface area contributed by atoms with E-state index in [0.29, 0.717) is 11.7 Å². The Morgan fingerprint density at radius 2 is 1.85 bits per heavy atom. The average molecular weight is 347 g/mol. The fourth-order valence-electron chi connectivity index (χ4n) is 3.37. The summed E-state index contributed by atoms with van der Waals surface area (Å²) < 4.78 is 11.0. The van der Waals surface area contributed by atoms with Crippen LogP contribution in [0.4, 0.5) is 0 Å². The summed E-state index contributed by atoms with van der Waals surface area (Å²) in [6.45, 7) is 0.0522. The Morgan fingerprint density at radius 3 is 2.69 bits per heavy atom. The summed E-state index contributed by atoms with van der Waals surface area (Å²) in [5.41, 5.74) is 4.75. The summed E-state index contributed by atoms with van der Waals surface area (Å²) in [5, 5.41) is 0. The van der Waals surface area contributed by atoms with E-state index >= 15 is 0 Å². The second-order valence-electron chi connectivity index (χ2n) is 6.63. The van der Waals surface area contributed by atoms with E-state index in [4.69, 9.17) is 9.15 Å². The number of esters is 1. The van der Waals surface area contributed by atoms with Gasteiger partial charge < -0.3 is 9.15 Å². The predicted octanol–water partition coefficient (Wildman–Crippen LogP) is 4.51. The predicted molar refractivity (Wildman–Crippen MR) is 98.5 cm³/mol. The van der Waals surface area contributed by atoms with Crippen LogP contribution in [0.15, 0.2) is 59.1 Å². The van der Waals surface area contributed by atoms with Gasteiger partial charge in [-0.2, -0.15) is 0 Å². The zero-order valence-electron chi connectivity index (χ0n) is 14.6. The molecule has 0 spiro atoms. The summed E-state index contributed by atoms with van der Waals surface area (Å²) in [6.07, 6.45) is 6.68. The van der Waals surface area contributed by atoms with Crippen molar-refractivity contribution >= 4 is 5.97 Å². The molecule has 0 amide bonds.